The van der Waals surface area contributed by atoms with Crippen molar-refractivity contribution >= 4 is 46.6 Å². The monoisotopic (exact) mass is 570 g/mol. The number of nitrogens with zero attached hydrogens (tertiary/aromatic N) is 1. The maximum atomic E-state index is 14.2. The summed E-state index contributed by atoms with van der Waals surface area (Å²) in [5.41, 5.74) is 2.12. The van der Waals surface area contributed by atoms with E-state index in [2.05, 4.69) is 17.2 Å². The Balaban J connectivity index is 1.33. The van der Waals surface area contributed by atoms with Crippen LogP contribution in [0.15, 0.2) is 70.1 Å². The van der Waals surface area contributed by atoms with Crippen LogP contribution in [0.5, 0.6) is 5.75 Å². The molecule has 1 amide bonds. The number of rotatable bonds is 9. The topological polar surface area (TPSA) is 64.4 Å². The van der Waals surface area contributed by atoms with Gasteiger partial charge in [-0.2, -0.15) is 0 Å². The molecule has 1 fully saturated rings. The molecule has 0 radical (unpaired) electrons. The van der Waals surface area contributed by atoms with Crippen molar-refractivity contribution in [1.29, 1.82) is 0 Å². The van der Waals surface area contributed by atoms with Gasteiger partial charge >= 0.3 is 0 Å². The van der Waals surface area contributed by atoms with Crippen molar-refractivity contribution in [3.05, 3.63) is 93.7 Å². The highest BCUT2D eigenvalue weighted by Crippen LogP contribution is 2.57. The van der Waals surface area contributed by atoms with Crippen LogP contribution in [0.4, 0.5) is 10.1 Å². The summed E-state index contributed by atoms with van der Waals surface area (Å²) >= 11 is 15.2. The van der Waals surface area contributed by atoms with Gasteiger partial charge in [0.25, 0.3) is 0 Å². The molecule has 1 aromatic heterocycles. The molecule has 5 nitrogen and oxygen atoms in total. The molecule has 9 heteroatoms. The maximum Gasteiger partial charge on any atom is 0.228 e. The summed E-state index contributed by atoms with van der Waals surface area (Å²) in [6, 6.07) is 16.0. The summed E-state index contributed by atoms with van der Waals surface area (Å²) in [5.74, 6) is 1.41. The number of nitrogens with one attached hydrogen (secondary N) is 1. The minimum atomic E-state index is -0.571. The number of hydrogen-bond donors (Lipinski definition) is 1. The minimum absolute atomic E-state index is 0.155. The molecule has 0 saturated heterocycles. The third-order valence-corrected chi connectivity index (χ3v) is 8.00. The molecule has 1 N–H and O–H groups in total. The van der Waals surface area contributed by atoms with Crippen LogP contribution >= 0.6 is 35.0 Å². The van der Waals surface area contributed by atoms with Gasteiger partial charge in [-0.3, -0.25) is 4.79 Å². The smallest absolute Gasteiger partial charge is 0.228 e. The summed E-state index contributed by atoms with van der Waals surface area (Å²) in [4.78, 5) is 18.3. The van der Waals surface area contributed by atoms with Crippen molar-refractivity contribution in [1.82, 2.24) is 4.98 Å². The quantitative estimate of drug-likeness (QED) is 0.205. The first-order valence-electron chi connectivity index (χ1n) is 12.1. The molecule has 0 atom stereocenters. The van der Waals surface area contributed by atoms with Crippen LogP contribution in [0.1, 0.15) is 36.8 Å². The molecule has 1 heterocycles. The number of aromatic nitrogens is 1. The number of thioether (sulfide) groups is 1. The molecule has 0 spiro atoms. The number of oxazole rings is 1. The second-order valence-corrected chi connectivity index (χ2v) is 11.2. The van der Waals surface area contributed by atoms with Gasteiger partial charge in [-0.25, -0.2) is 9.37 Å². The lowest BCUT2D eigenvalue weighted by molar-refractivity contribution is -0.115. The highest BCUT2D eigenvalue weighted by atomic mass is 35.5. The van der Waals surface area contributed by atoms with E-state index in [1.165, 1.54) is 18.1 Å². The largest absolute Gasteiger partial charge is 0.494 e. The first-order valence-corrected chi connectivity index (χ1v) is 13.9. The van der Waals surface area contributed by atoms with E-state index < -0.39 is 11.2 Å². The van der Waals surface area contributed by atoms with E-state index in [1.807, 2.05) is 24.3 Å². The molecule has 0 bridgehead atoms. The van der Waals surface area contributed by atoms with Crippen molar-refractivity contribution in [3.63, 3.8) is 0 Å². The van der Waals surface area contributed by atoms with Gasteiger partial charge in [0.1, 0.15) is 0 Å². The molecule has 38 heavy (non-hydrogen) atoms. The number of methoxy groups -OCH3 is 1. The Morgan fingerprint density at radius 2 is 1.84 bits per heavy atom. The fourth-order valence-electron chi connectivity index (χ4n) is 4.51. The van der Waals surface area contributed by atoms with Crippen molar-refractivity contribution in [2.45, 2.75) is 36.5 Å². The molecule has 196 valence electrons. The highest BCUT2D eigenvalue weighted by Gasteiger charge is 2.52. The van der Waals surface area contributed by atoms with E-state index >= 15 is 0 Å². The average Bonchev–Trinajstić information content (AvgIpc) is 3.51. The SMILES string of the molecule is CCSc1ccc(CC(=O)Nc2cc(Cl)c(C3(c4ncc(-c5ccc(OC)c(F)c5)o4)CC3)c(Cl)c2)cc1. The Morgan fingerprint density at radius 1 is 1.13 bits per heavy atom. The van der Waals surface area contributed by atoms with Crippen LogP contribution in [-0.4, -0.2) is 23.8 Å². The standard InChI is InChI=1S/C29H25Cl2FN2O3S/c1-3-38-20-7-4-17(5-8-20)12-26(35)34-19-14-21(30)27(22(31)15-19)29(10-11-29)28-33-16-25(37-28)18-6-9-24(36-2)23(32)13-18/h4-9,13-16H,3,10-12H2,1-2H3,(H,34,35). The Hall–Kier alpha value is -3.00. The summed E-state index contributed by atoms with van der Waals surface area (Å²) in [6.07, 6.45) is 3.31. The van der Waals surface area contributed by atoms with Crippen LogP contribution < -0.4 is 10.1 Å². The molecular weight excluding hydrogens is 546 g/mol. The lowest BCUT2D eigenvalue weighted by Gasteiger charge is -2.17. The van der Waals surface area contributed by atoms with E-state index in [4.69, 9.17) is 32.4 Å². The van der Waals surface area contributed by atoms with Gasteiger partial charge in [0, 0.05) is 31.8 Å². The zero-order valence-corrected chi connectivity index (χ0v) is 23.1. The van der Waals surface area contributed by atoms with Crippen molar-refractivity contribution in [3.8, 4) is 17.1 Å². The highest BCUT2D eigenvalue weighted by molar-refractivity contribution is 7.99. The summed E-state index contributed by atoms with van der Waals surface area (Å²) < 4.78 is 25.3. The third-order valence-electron chi connectivity index (χ3n) is 6.50. The van der Waals surface area contributed by atoms with E-state index in [-0.39, 0.29) is 18.1 Å². The maximum absolute atomic E-state index is 14.2. The normalized spacial score (nSPS) is 13.8. The van der Waals surface area contributed by atoms with Gasteiger partial charge < -0.3 is 14.5 Å². The van der Waals surface area contributed by atoms with E-state index in [0.29, 0.717) is 38.5 Å². The van der Waals surface area contributed by atoms with Gasteiger partial charge in [-0.1, -0.05) is 42.3 Å². The third kappa shape index (κ3) is 5.41. The fraction of sp³-hybridized carbons (Fsp3) is 0.241. The zero-order valence-electron chi connectivity index (χ0n) is 20.8. The molecule has 1 aliphatic carbocycles. The molecule has 4 aromatic rings. The fourth-order valence-corrected chi connectivity index (χ4v) is 6.02. The minimum Gasteiger partial charge on any atom is -0.494 e. The predicted molar refractivity (Wildman–Crippen MR) is 150 cm³/mol. The van der Waals surface area contributed by atoms with Gasteiger partial charge in [0.05, 0.1) is 25.1 Å². The number of ether oxygens (including phenoxy) is 1. The lowest BCUT2D eigenvalue weighted by atomic mass is 9.95. The van der Waals surface area contributed by atoms with Gasteiger partial charge in [-0.05, 0) is 66.6 Å². The molecule has 5 rings (SSSR count). The number of benzene rings is 3. The summed E-state index contributed by atoms with van der Waals surface area (Å²) in [6.45, 7) is 2.10. The Kier molecular flexibility index (Phi) is 7.70. The van der Waals surface area contributed by atoms with Crippen LogP contribution in [0.3, 0.4) is 0 Å². The Labute approximate surface area is 234 Å². The van der Waals surface area contributed by atoms with Gasteiger partial charge in [-0.15, -0.1) is 11.8 Å². The Morgan fingerprint density at radius 3 is 2.45 bits per heavy atom. The van der Waals surface area contributed by atoms with Gasteiger partial charge in [0.2, 0.25) is 11.8 Å². The lowest BCUT2D eigenvalue weighted by Crippen LogP contribution is -2.15. The zero-order chi connectivity index (χ0) is 26.9. The first kappa shape index (κ1) is 26.6. The van der Waals surface area contributed by atoms with Crippen molar-refractivity contribution in [2.24, 2.45) is 0 Å². The number of amides is 1. The number of carbonyl (C=O) groups excluding carboxylic acids is 1. The molecule has 1 aliphatic rings. The molecule has 1 saturated carbocycles. The van der Waals surface area contributed by atoms with Gasteiger partial charge in [0.15, 0.2) is 17.3 Å². The number of carbonyl (C=O) groups is 1. The summed E-state index contributed by atoms with van der Waals surface area (Å²) in [7, 11) is 1.41. The molecule has 0 aliphatic heterocycles. The van der Waals surface area contributed by atoms with E-state index in [9.17, 15) is 9.18 Å². The first-order chi connectivity index (χ1) is 18.3. The second kappa shape index (κ2) is 11.0. The second-order valence-electron chi connectivity index (χ2n) is 9.08. The number of halogens is 3. The number of anilines is 1. The molecule has 0 unspecified atom stereocenters. The van der Waals surface area contributed by atoms with Crippen molar-refractivity contribution < 1.29 is 18.3 Å². The summed E-state index contributed by atoms with van der Waals surface area (Å²) in [5, 5.41) is 3.73. The van der Waals surface area contributed by atoms with E-state index in [1.54, 1.807) is 42.2 Å². The average molecular weight is 572 g/mol. The molecule has 3 aromatic carbocycles. The van der Waals surface area contributed by atoms with Crippen LogP contribution in [0.2, 0.25) is 10.0 Å². The molecular formula is C29H25Cl2FN2O3S. The number of hydrogen-bond acceptors (Lipinski definition) is 5. The predicted octanol–water partition coefficient (Wildman–Crippen LogP) is 8.17. The van der Waals surface area contributed by atoms with Crippen molar-refractivity contribution in [2.75, 3.05) is 18.2 Å². The van der Waals surface area contributed by atoms with Crippen LogP contribution in [-0.2, 0) is 16.6 Å². The Bertz CT molecular complexity index is 1460. The van der Waals surface area contributed by atoms with Crippen LogP contribution in [0.25, 0.3) is 11.3 Å². The van der Waals surface area contributed by atoms with Crippen LogP contribution in [0, 0.1) is 5.82 Å². The van der Waals surface area contributed by atoms with E-state index in [0.717, 1.165) is 24.2 Å².